The summed E-state index contributed by atoms with van der Waals surface area (Å²) in [6.45, 7) is 4.51. The lowest BCUT2D eigenvalue weighted by Crippen LogP contribution is -2.22. The summed E-state index contributed by atoms with van der Waals surface area (Å²) in [5.41, 5.74) is 2.07. The summed E-state index contributed by atoms with van der Waals surface area (Å²) in [7, 11) is 0. The molecule has 5 heteroatoms. The summed E-state index contributed by atoms with van der Waals surface area (Å²) < 4.78 is 0. The number of rotatable bonds is 6. The van der Waals surface area contributed by atoms with Crippen LogP contribution in [0.4, 0.5) is 0 Å². The number of hydrogen-bond acceptors (Lipinski definition) is 4. The standard InChI is InChI=1S/C14H16N2O2S/c1-2-16(8-11-6-4-3-5-7-11)9-12-10-19-13(15-12)14(17)18/h3-7,10H,2,8-9H2,1H3,(H,17,18). The van der Waals surface area contributed by atoms with Crippen LogP contribution in [0.3, 0.4) is 0 Å². The summed E-state index contributed by atoms with van der Waals surface area (Å²) in [6, 6.07) is 10.2. The van der Waals surface area contributed by atoms with Gasteiger partial charge >= 0.3 is 5.97 Å². The van der Waals surface area contributed by atoms with Crippen molar-refractivity contribution in [3.63, 3.8) is 0 Å². The predicted octanol–water partition coefficient (Wildman–Crippen LogP) is 2.86. The Labute approximate surface area is 116 Å². The van der Waals surface area contributed by atoms with Crippen molar-refractivity contribution in [1.29, 1.82) is 0 Å². The molecule has 0 bridgehead atoms. The molecule has 4 nitrogen and oxygen atoms in total. The number of hydrogen-bond donors (Lipinski definition) is 1. The van der Waals surface area contributed by atoms with Crippen molar-refractivity contribution in [2.75, 3.05) is 6.54 Å². The number of thiazole rings is 1. The lowest BCUT2D eigenvalue weighted by Gasteiger charge is -2.19. The Morgan fingerprint density at radius 2 is 2.05 bits per heavy atom. The number of carbonyl (C=O) groups is 1. The van der Waals surface area contributed by atoms with E-state index in [1.807, 2.05) is 23.6 Å². The summed E-state index contributed by atoms with van der Waals surface area (Å²) >= 11 is 1.18. The van der Waals surface area contributed by atoms with Crippen molar-refractivity contribution in [3.05, 3.63) is 52.0 Å². The molecule has 2 rings (SSSR count). The zero-order valence-corrected chi connectivity index (χ0v) is 11.6. The zero-order valence-electron chi connectivity index (χ0n) is 10.7. The number of aromatic nitrogens is 1. The van der Waals surface area contributed by atoms with E-state index in [9.17, 15) is 4.79 Å². The van der Waals surface area contributed by atoms with Gasteiger partial charge in [0.15, 0.2) is 0 Å². The topological polar surface area (TPSA) is 53.4 Å². The van der Waals surface area contributed by atoms with Crippen LogP contribution in [0.15, 0.2) is 35.7 Å². The molecule has 0 aliphatic rings. The van der Waals surface area contributed by atoms with E-state index in [1.165, 1.54) is 16.9 Å². The van der Waals surface area contributed by atoms with Crippen molar-refractivity contribution in [2.24, 2.45) is 0 Å². The molecule has 1 heterocycles. The maximum Gasteiger partial charge on any atom is 0.365 e. The minimum Gasteiger partial charge on any atom is -0.476 e. The van der Waals surface area contributed by atoms with Gasteiger partial charge in [0.2, 0.25) is 5.01 Å². The number of carboxylic acid groups (broad SMARTS) is 1. The maximum atomic E-state index is 10.8. The lowest BCUT2D eigenvalue weighted by atomic mass is 10.2. The number of aromatic carboxylic acids is 1. The SMILES string of the molecule is CCN(Cc1ccccc1)Cc1csc(C(=O)O)n1. The van der Waals surface area contributed by atoms with Crippen molar-refractivity contribution >= 4 is 17.3 Å². The van der Waals surface area contributed by atoms with Crippen LogP contribution < -0.4 is 0 Å². The highest BCUT2D eigenvalue weighted by Gasteiger charge is 2.11. The molecule has 0 atom stereocenters. The van der Waals surface area contributed by atoms with Gasteiger partial charge in [0, 0.05) is 18.5 Å². The Bertz CT molecular complexity index is 539. The fourth-order valence-corrected chi connectivity index (χ4v) is 2.47. The molecule has 0 saturated heterocycles. The molecule has 0 radical (unpaired) electrons. The molecular weight excluding hydrogens is 260 g/mol. The molecule has 2 aromatic rings. The summed E-state index contributed by atoms with van der Waals surface area (Å²) in [5, 5.41) is 10.8. The highest BCUT2D eigenvalue weighted by atomic mass is 32.1. The van der Waals surface area contributed by atoms with Crippen LogP contribution in [-0.2, 0) is 13.1 Å². The molecule has 0 aliphatic heterocycles. The van der Waals surface area contributed by atoms with Crippen molar-refractivity contribution in [1.82, 2.24) is 9.88 Å². The summed E-state index contributed by atoms with van der Waals surface area (Å²) in [4.78, 5) is 17.1. The Morgan fingerprint density at radius 3 is 2.63 bits per heavy atom. The quantitative estimate of drug-likeness (QED) is 0.881. The minimum absolute atomic E-state index is 0.158. The van der Waals surface area contributed by atoms with Crippen molar-refractivity contribution < 1.29 is 9.90 Å². The fraction of sp³-hybridized carbons (Fsp3) is 0.286. The van der Waals surface area contributed by atoms with Crippen LogP contribution in [-0.4, -0.2) is 27.5 Å². The van der Waals surface area contributed by atoms with E-state index in [2.05, 4.69) is 28.9 Å². The lowest BCUT2D eigenvalue weighted by molar-refractivity contribution is 0.0696. The van der Waals surface area contributed by atoms with Gasteiger partial charge in [0.25, 0.3) is 0 Å². The minimum atomic E-state index is -0.956. The first-order valence-corrected chi connectivity index (χ1v) is 7.01. The van der Waals surface area contributed by atoms with E-state index >= 15 is 0 Å². The van der Waals surface area contributed by atoms with Gasteiger partial charge < -0.3 is 5.11 Å². The third-order valence-corrected chi connectivity index (χ3v) is 3.70. The van der Waals surface area contributed by atoms with Gasteiger partial charge in [-0.15, -0.1) is 11.3 Å². The van der Waals surface area contributed by atoms with Crippen LogP contribution in [0.2, 0.25) is 0 Å². The third kappa shape index (κ3) is 3.87. The maximum absolute atomic E-state index is 10.8. The second-order valence-electron chi connectivity index (χ2n) is 4.24. The smallest absolute Gasteiger partial charge is 0.365 e. The Morgan fingerprint density at radius 1 is 1.32 bits per heavy atom. The molecule has 0 saturated carbocycles. The second kappa shape index (κ2) is 6.45. The molecule has 0 amide bonds. The highest BCUT2D eigenvalue weighted by molar-refractivity contribution is 7.11. The fourth-order valence-electron chi connectivity index (χ4n) is 1.83. The molecule has 0 aliphatic carbocycles. The first-order valence-electron chi connectivity index (χ1n) is 6.13. The molecule has 1 N–H and O–H groups in total. The molecule has 19 heavy (non-hydrogen) atoms. The highest BCUT2D eigenvalue weighted by Crippen LogP contribution is 2.13. The summed E-state index contributed by atoms with van der Waals surface area (Å²) in [6.07, 6.45) is 0. The van der Waals surface area contributed by atoms with Crippen LogP contribution in [0.1, 0.15) is 28.0 Å². The second-order valence-corrected chi connectivity index (χ2v) is 5.10. The normalized spacial score (nSPS) is 10.8. The predicted molar refractivity (Wildman–Crippen MR) is 75.3 cm³/mol. The molecule has 0 spiro atoms. The molecular formula is C14H16N2O2S. The van der Waals surface area contributed by atoms with E-state index in [0.717, 1.165) is 18.8 Å². The van der Waals surface area contributed by atoms with Crippen LogP contribution >= 0.6 is 11.3 Å². The molecule has 0 unspecified atom stereocenters. The van der Waals surface area contributed by atoms with Crippen molar-refractivity contribution in [2.45, 2.75) is 20.0 Å². The van der Waals surface area contributed by atoms with Gasteiger partial charge in [0.1, 0.15) is 0 Å². The van der Waals surface area contributed by atoms with Crippen molar-refractivity contribution in [3.8, 4) is 0 Å². The molecule has 100 valence electrons. The number of benzene rings is 1. The van der Waals surface area contributed by atoms with E-state index in [1.54, 1.807) is 0 Å². The van der Waals surface area contributed by atoms with E-state index in [0.29, 0.717) is 6.54 Å². The van der Waals surface area contributed by atoms with Crippen LogP contribution in [0, 0.1) is 0 Å². The van der Waals surface area contributed by atoms with E-state index < -0.39 is 5.97 Å². The molecule has 0 fully saturated rings. The molecule has 1 aromatic heterocycles. The first kappa shape index (κ1) is 13.7. The summed E-state index contributed by atoms with van der Waals surface area (Å²) in [5.74, 6) is -0.956. The van der Waals surface area contributed by atoms with Gasteiger partial charge in [-0.05, 0) is 12.1 Å². The van der Waals surface area contributed by atoms with Gasteiger partial charge in [-0.2, -0.15) is 0 Å². The Balaban J connectivity index is 2.00. The van der Waals surface area contributed by atoms with Gasteiger partial charge in [0.05, 0.1) is 5.69 Å². The number of carboxylic acids is 1. The largest absolute Gasteiger partial charge is 0.476 e. The number of nitrogens with zero attached hydrogens (tertiary/aromatic N) is 2. The molecule has 1 aromatic carbocycles. The van der Waals surface area contributed by atoms with Crippen LogP contribution in [0.25, 0.3) is 0 Å². The Kier molecular flexibility index (Phi) is 4.65. The average molecular weight is 276 g/mol. The van der Waals surface area contributed by atoms with Gasteiger partial charge in [-0.3, -0.25) is 4.90 Å². The average Bonchev–Trinajstić information content (AvgIpc) is 2.88. The monoisotopic (exact) mass is 276 g/mol. The zero-order chi connectivity index (χ0) is 13.7. The van der Waals surface area contributed by atoms with E-state index in [-0.39, 0.29) is 5.01 Å². The Hall–Kier alpha value is -1.72. The van der Waals surface area contributed by atoms with Crippen LogP contribution in [0.5, 0.6) is 0 Å². The van der Waals surface area contributed by atoms with Gasteiger partial charge in [-0.25, -0.2) is 9.78 Å². The third-order valence-electron chi connectivity index (χ3n) is 2.82. The first-order chi connectivity index (χ1) is 9.19. The van der Waals surface area contributed by atoms with Gasteiger partial charge in [-0.1, -0.05) is 37.3 Å². The van der Waals surface area contributed by atoms with E-state index in [4.69, 9.17) is 5.11 Å².